The molecule has 1 heterocycles. The van der Waals surface area contributed by atoms with Gasteiger partial charge in [0, 0.05) is 6.42 Å². The van der Waals surface area contributed by atoms with Crippen molar-refractivity contribution in [3.8, 4) is 11.8 Å². The van der Waals surface area contributed by atoms with Gasteiger partial charge in [0.15, 0.2) is 11.6 Å². The number of esters is 1. The number of carbonyl (C=O) groups excluding carboxylic acids is 3. The van der Waals surface area contributed by atoms with Crippen molar-refractivity contribution in [2.24, 2.45) is 5.92 Å². The van der Waals surface area contributed by atoms with Gasteiger partial charge < -0.3 is 9.47 Å². The third kappa shape index (κ3) is 3.37. The van der Waals surface area contributed by atoms with Gasteiger partial charge in [-0.25, -0.2) is 9.18 Å². The monoisotopic (exact) mass is 319 g/mol. The Morgan fingerprint density at radius 2 is 2.13 bits per heavy atom. The Kier molecular flexibility index (Phi) is 5.06. The van der Waals surface area contributed by atoms with Gasteiger partial charge in [0.05, 0.1) is 18.2 Å². The van der Waals surface area contributed by atoms with Crippen LogP contribution in [0.2, 0.25) is 0 Å². The van der Waals surface area contributed by atoms with Crippen LogP contribution in [0.5, 0.6) is 5.75 Å². The van der Waals surface area contributed by atoms with Gasteiger partial charge in [-0.15, -0.1) is 0 Å². The molecular formula is C16H14FNO5. The molecule has 0 bridgehead atoms. The Morgan fingerprint density at radius 1 is 1.43 bits per heavy atom. The Hall–Kier alpha value is -2.75. The first-order valence-corrected chi connectivity index (χ1v) is 7.02. The molecule has 0 saturated heterocycles. The molecule has 1 aliphatic rings. The van der Waals surface area contributed by atoms with Crippen LogP contribution in [-0.4, -0.2) is 36.4 Å². The van der Waals surface area contributed by atoms with Gasteiger partial charge in [-0.3, -0.25) is 9.59 Å². The molecule has 3 atom stereocenters. The number of alkyl halides is 1. The molecule has 1 aromatic carbocycles. The van der Waals surface area contributed by atoms with E-state index in [2.05, 4.69) is 4.74 Å². The maximum Gasteiger partial charge on any atom is 0.348 e. The number of rotatable bonds is 5. The van der Waals surface area contributed by atoms with Crippen LogP contribution in [0.1, 0.15) is 23.7 Å². The topological polar surface area (TPSA) is 93.5 Å². The average Bonchev–Trinajstić information content (AvgIpc) is 2.54. The van der Waals surface area contributed by atoms with E-state index in [9.17, 15) is 18.8 Å². The predicted octanol–water partition coefficient (Wildman–Crippen LogP) is 1.63. The van der Waals surface area contributed by atoms with Crippen molar-refractivity contribution in [1.82, 2.24) is 0 Å². The first-order chi connectivity index (χ1) is 11.0. The van der Waals surface area contributed by atoms with Crippen molar-refractivity contribution in [1.29, 1.82) is 5.26 Å². The number of para-hydroxylation sites is 1. The minimum absolute atomic E-state index is 0.0564. The van der Waals surface area contributed by atoms with Crippen molar-refractivity contribution in [2.45, 2.75) is 25.6 Å². The normalized spacial score (nSPS) is 20.7. The SMILES string of the molecule is CCOC(=O)C(F)C(=O)CC1Oc2ccccc2C(=O)C1C#N. The highest BCUT2D eigenvalue weighted by atomic mass is 19.1. The maximum absolute atomic E-state index is 13.7. The second-order valence-corrected chi connectivity index (χ2v) is 4.91. The number of benzene rings is 1. The number of Topliss-reactive ketones (excluding diaryl/α,β-unsaturated/α-hetero) is 2. The third-order valence-electron chi connectivity index (χ3n) is 3.40. The van der Waals surface area contributed by atoms with E-state index in [1.54, 1.807) is 18.2 Å². The summed E-state index contributed by atoms with van der Waals surface area (Å²) in [6, 6.07) is 8.07. The number of ether oxygens (including phenoxy) is 2. The number of hydrogen-bond donors (Lipinski definition) is 0. The fourth-order valence-electron chi connectivity index (χ4n) is 2.29. The molecule has 0 aliphatic carbocycles. The zero-order chi connectivity index (χ0) is 17.0. The summed E-state index contributed by atoms with van der Waals surface area (Å²) in [4.78, 5) is 35.3. The zero-order valence-electron chi connectivity index (χ0n) is 12.3. The molecule has 7 heteroatoms. The first kappa shape index (κ1) is 16.6. The molecule has 1 aromatic rings. The second kappa shape index (κ2) is 7.01. The smallest absolute Gasteiger partial charge is 0.348 e. The standard InChI is InChI=1S/C16H14FNO5/c1-2-22-16(21)14(17)11(19)7-13-10(8-18)15(20)9-5-3-4-6-12(9)23-13/h3-6,10,13-14H,2,7H2,1H3. The van der Waals surface area contributed by atoms with Gasteiger partial charge in [0.2, 0.25) is 0 Å². The summed E-state index contributed by atoms with van der Waals surface area (Å²) in [6.07, 6.45) is -4.16. The summed E-state index contributed by atoms with van der Waals surface area (Å²) in [6.45, 7) is 1.43. The molecule has 0 spiro atoms. The lowest BCUT2D eigenvalue weighted by atomic mass is 9.87. The largest absolute Gasteiger partial charge is 0.487 e. The lowest BCUT2D eigenvalue weighted by Crippen LogP contribution is -2.41. The second-order valence-electron chi connectivity index (χ2n) is 4.91. The summed E-state index contributed by atoms with van der Waals surface area (Å²) in [5.41, 5.74) is 0.241. The van der Waals surface area contributed by atoms with Crippen molar-refractivity contribution in [3.63, 3.8) is 0 Å². The molecular weight excluding hydrogens is 305 g/mol. The summed E-state index contributed by atoms with van der Waals surface area (Å²) in [5, 5.41) is 9.15. The first-order valence-electron chi connectivity index (χ1n) is 7.02. The summed E-state index contributed by atoms with van der Waals surface area (Å²) in [7, 11) is 0. The van der Waals surface area contributed by atoms with E-state index in [0.29, 0.717) is 0 Å². The molecule has 0 N–H and O–H groups in total. The molecule has 23 heavy (non-hydrogen) atoms. The van der Waals surface area contributed by atoms with Crippen molar-refractivity contribution >= 4 is 17.5 Å². The van der Waals surface area contributed by atoms with Crippen LogP contribution in [0.4, 0.5) is 4.39 Å². The fourth-order valence-corrected chi connectivity index (χ4v) is 2.29. The highest BCUT2D eigenvalue weighted by Crippen LogP contribution is 2.32. The van der Waals surface area contributed by atoms with E-state index in [1.165, 1.54) is 19.1 Å². The van der Waals surface area contributed by atoms with Gasteiger partial charge in [-0.1, -0.05) is 12.1 Å². The average molecular weight is 319 g/mol. The van der Waals surface area contributed by atoms with E-state index in [4.69, 9.17) is 10.00 Å². The summed E-state index contributed by atoms with van der Waals surface area (Å²) >= 11 is 0. The van der Waals surface area contributed by atoms with Gasteiger partial charge in [0.25, 0.3) is 6.17 Å². The van der Waals surface area contributed by atoms with E-state index < -0.39 is 42.2 Å². The van der Waals surface area contributed by atoms with Crippen LogP contribution in [0, 0.1) is 17.2 Å². The fraction of sp³-hybridized carbons (Fsp3) is 0.375. The number of nitrogens with zero attached hydrogens (tertiary/aromatic N) is 1. The molecule has 0 aromatic heterocycles. The van der Waals surface area contributed by atoms with E-state index in [-0.39, 0.29) is 17.9 Å². The minimum atomic E-state index is -2.45. The van der Waals surface area contributed by atoms with Crippen LogP contribution < -0.4 is 4.74 Å². The number of halogens is 1. The molecule has 0 radical (unpaired) electrons. The highest BCUT2D eigenvalue weighted by molar-refractivity contribution is 6.05. The van der Waals surface area contributed by atoms with Crippen LogP contribution >= 0.6 is 0 Å². The lowest BCUT2D eigenvalue weighted by molar-refractivity contribution is -0.153. The third-order valence-corrected chi connectivity index (χ3v) is 3.40. The Bertz CT molecular complexity index is 681. The Morgan fingerprint density at radius 3 is 2.78 bits per heavy atom. The van der Waals surface area contributed by atoms with Crippen LogP contribution in [0.3, 0.4) is 0 Å². The molecule has 0 fully saturated rings. The van der Waals surface area contributed by atoms with Crippen LogP contribution in [-0.2, 0) is 14.3 Å². The predicted molar refractivity (Wildman–Crippen MR) is 75.4 cm³/mol. The molecule has 0 saturated carbocycles. The number of fused-ring (bicyclic) bond motifs is 1. The van der Waals surface area contributed by atoms with E-state index >= 15 is 0 Å². The van der Waals surface area contributed by atoms with Crippen molar-refractivity contribution < 1.29 is 28.2 Å². The van der Waals surface area contributed by atoms with Gasteiger partial charge in [-0.05, 0) is 19.1 Å². The van der Waals surface area contributed by atoms with Crippen molar-refractivity contribution in [3.05, 3.63) is 29.8 Å². The maximum atomic E-state index is 13.7. The quantitative estimate of drug-likeness (QED) is 0.605. The zero-order valence-corrected chi connectivity index (χ0v) is 12.3. The van der Waals surface area contributed by atoms with Crippen molar-refractivity contribution in [2.75, 3.05) is 6.61 Å². The Labute approximate surface area is 131 Å². The summed E-state index contributed by atoms with van der Waals surface area (Å²) in [5.74, 6) is -3.86. The number of ketones is 2. The van der Waals surface area contributed by atoms with Gasteiger partial charge >= 0.3 is 5.97 Å². The molecule has 120 valence electrons. The van der Waals surface area contributed by atoms with Crippen LogP contribution in [0.25, 0.3) is 0 Å². The van der Waals surface area contributed by atoms with Gasteiger partial charge in [0.1, 0.15) is 17.8 Å². The number of carbonyl (C=O) groups is 3. The van der Waals surface area contributed by atoms with Crippen LogP contribution in [0.15, 0.2) is 24.3 Å². The Balaban J connectivity index is 2.17. The number of nitriles is 1. The lowest BCUT2D eigenvalue weighted by Gasteiger charge is -2.28. The summed E-state index contributed by atoms with van der Waals surface area (Å²) < 4.78 is 23.6. The molecule has 2 rings (SSSR count). The van der Waals surface area contributed by atoms with E-state index in [0.717, 1.165) is 0 Å². The molecule has 0 amide bonds. The highest BCUT2D eigenvalue weighted by Gasteiger charge is 2.40. The molecule has 6 nitrogen and oxygen atoms in total. The minimum Gasteiger partial charge on any atom is -0.487 e. The molecule has 1 aliphatic heterocycles. The van der Waals surface area contributed by atoms with Gasteiger partial charge in [-0.2, -0.15) is 5.26 Å². The van der Waals surface area contributed by atoms with E-state index in [1.807, 2.05) is 0 Å². The molecule has 3 unspecified atom stereocenters. The number of hydrogen-bond acceptors (Lipinski definition) is 6.